The van der Waals surface area contributed by atoms with Crippen LogP contribution >= 0.6 is 0 Å². The standard InChI is InChI=1S/C16H21NO6/c1-22-10-3-4-13(23-2)9(7-10)5-6-16(17,15(20)21)12-8-11(12)14(18)19/h3-4,7,11-12H,5-6,8,17H2,1-2H3,(H,18,19)(H,20,21)/t11-,12?,16+/m0/s1. The topological polar surface area (TPSA) is 119 Å². The predicted molar refractivity (Wildman–Crippen MR) is 81.7 cm³/mol. The Kier molecular flexibility index (Phi) is 4.79. The molecule has 1 unspecified atom stereocenters. The maximum absolute atomic E-state index is 11.6. The zero-order chi connectivity index (χ0) is 17.2. The van der Waals surface area contributed by atoms with Gasteiger partial charge in [-0.25, -0.2) is 0 Å². The van der Waals surface area contributed by atoms with Gasteiger partial charge in [-0.2, -0.15) is 0 Å². The summed E-state index contributed by atoms with van der Waals surface area (Å²) in [5.74, 6) is -2.15. The number of hydrogen-bond donors (Lipinski definition) is 3. The molecule has 1 fully saturated rings. The molecule has 3 atom stereocenters. The van der Waals surface area contributed by atoms with Gasteiger partial charge in [-0.1, -0.05) is 0 Å². The predicted octanol–water partition coefficient (Wildman–Crippen LogP) is 1.14. The van der Waals surface area contributed by atoms with Crippen molar-refractivity contribution in [1.82, 2.24) is 0 Å². The number of benzene rings is 1. The van der Waals surface area contributed by atoms with Crippen molar-refractivity contribution < 1.29 is 29.3 Å². The molecule has 1 aromatic carbocycles. The molecular formula is C16H21NO6. The molecule has 0 saturated heterocycles. The minimum absolute atomic E-state index is 0.125. The minimum Gasteiger partial charge on any atom is -0.497 e. The Bertz CT molecular complexity index is 617. The summed E-state index contributed by atoms with van der Waals surface area (Å²) in [4.78, 5) is 22.6. The highest BCUT2D eigenvalue weighted by Gasteiger charge is 2.58. The smallest absolute Gasteiger partial charge is 0.324 e. The zero-order valence-corrected chi connectivity index (χ0v) is 13.1. The largest absolute Gasteiger partial charge is 0.497 e. The third kappa shape index (κ3) is 3.39. The van der Waals surface area contributed by atoms with Gasteiger partial charge in [-0.15, -0.1) is 0 Å². The Hall–Kier alpha value is -2.28. The number of nitrogens with two attached hydrogens (primary N) is 1. The fraction of sp³-hybridized carbons (Fsp3) is 0.500. The number of carboxylic acids is 2. The zero-order valence-electron chi connectivity index (χ0n) is 13.1. The molecule has 0 amide bonds. The van der Waals surface area contributed by atoms with Gasteiger partial charge in [-0.05, 0) is 43.0 Å². The average molecular weight is 323 g/mol. The summed E-state index contributed by atoms with van der Waals surface area (Å²) >= 11 is 0. The van der Waals surface area contributed by atoms with Crippen molar-refractivity contribution in [3.05, 3.63) is 23.8 Å². The van der Waals surface area contributed by atoms with Crippen LogP contribution in [0.4, 0.5) is 0 Å². The Labute approximate surface area is 134 Å². The van der Waals surface area contributed by atoms with E-state index in [0.29, 0.717) is 24.3 Å². The molecule has 0 heterocycles. The van der Waals surface area contributed by atoms with Crippen molar-refractivity contribution in [3.8, 4) is 11.5 Å². The second-order valence-corrected chi connectivity index (χ2v) is 5.81. The summed E-state index contributed by atoms with van der Waals surface area (Å²) in [5.41, 5.74) is 5.26. The molecule has 4 N–H and O–H groups in total. The van der Waals surface area contributed by atoms with Gasteiger partial charge in [0.25, 0.3) is 0 Å². The van der Waals surface area contributed by atoms with Gasteiger partial charge in [0.05, 0.1) is 20.1 Å². The van der Waals surface area contributed by atoms with Crippen LogP contribution in [-0.2, 0) is 16.0 Å². The summed E-state index contributed by atoms with van der Waals surface area (Å²) < 4.78 is 10.4. The van der Waals surface area contributed by atoms with Gasteiger partial charge >= 0.3 is 11.9 Å². The first kappa shape index (κ1) is 17.1. The van der Waals surface area contributed by atoms with E-state index in [1.807, 2.05) is 0 Å². The molecule has 0 bridgehead atoms. The molecule has 23 heavy (non-hydrogen) atoms. The maximum atomic E-state index is 11.6. The molecule has 1 aliphatic carbocycles. The van der Waals surface area contributed by atoms with Crippen LogP contribution < -0.4 is 15.2 Å². The molecule has 0 aliphatic heterocycles. The number of rotatable bonds is 8. The third-order valence-electron chi connectivity index (χ3n) is 4.46. The van der Waals surface area contributed by atoms with Crippen LogP contribution in [-0.4, -0.2) is 41.9 Å². The second-order valence-electron chi connectivity index (χ2n) is 5.81. The van der Waals surface area contributed by atoms with Gasteiger partial charge in [0.1, 0.15) is 17.0 Å². The van der Waals surface area contributed by atoms with Gasteiger partial charge < -0.3 is 25.4 Å². The maximum Gasteiger partial charge on any atom is 0.324 e. The van der Waals surface area contributed by atoms with E-state index in [4.69, 9.17) is 20.3 Å². The summed E-state index contributed by atoms with van der Waals surface area (Å²) in [6.45, 7) is 0. The average Bonchev–Trinajstić information content (AvgIpc) is 3.33. The monoisotopic (exact) mass is 323 g/mol. The van der Waals surface area contributed by atoms with Crippen LogP contribution in [0, 0.1) is 11.8 Å². The van der Waals surface area contributed by atoms with Crippen LogP contribution in [0.1, 0.15) is 18.4 Å². The van der Waals surface area contributed by atoms with Crippen LogP contribution in [0.15, 0.2) is 18.2 Å². The number of carbonyl (C=O) groups is 2. The first-order valence-electron chi connectivity index (χ1n) is 7.29. The first-order valence-corrected chi connectivity index (χ1v) is 7.29. The van der Waals surface area contributed by atoms with Crippen molar-refractivity contribution in [1.29, 1.82) is 0 Å². The van der Waals surface area contributed by atoms with E-state index in [-0.39, 0.29) is 6.42 Å². The van der Waals surface area contributed by atoms with E-state index in [9.17, 15) is 14.7 Å². The summed E-state index contributed by atoms with van der Waals surface area (Å²) in [6.07, 6.45) is 0.777. The van der Waals surface area contributed by atoms with E-state index < -0.39 is 29.3 Å². The van der Waals surface area contributed by atoms with Crippen molar-refractivity contribution in [2.75, 3.05) is 14.2 Å². The van der Waals surface area contributed by atoms with Crippen molar-refractivity contribution in [2.24, 2.45) is 17.6 Å². The number of carboxylic acid groups (broad SMARTS) is 2. The Morgan fingerprint density at radius 1 is 1.30 bits per heavy atom. The van der Waals surface area contributed by atoms with Crippen LogP contribution in [0.25, 0.3) is 0 Å². The lowest BCUT2D eigenvalue weighted by Crippen LogP contribution is -2.51. The minimum atomic E-state index is -1.56. The number of ether oxygens (including phenoxy) is 2. The third-order valence-corrected chi connectivity index (χ3v) is 4.46. The van der Waals surface area contributed by atoms with Gasteiger partial charge in [0.15, 0.2) is 0 Å². The van der Waals surface area contributed by atoms with Crippen molar-refractivity contribution in [2.45, 2.75) is 24.8 Å². The molecule has 0 spiro atoms. The number of aliphatic carboxylic acids is 2. The van der Waals surface area contributed by atoms with Crippen LogP contribution in [0.5, 0.6) is 11.5 Å². The molecule has 0 aromatic heterocycles. The lowest BCUT2D eigenvalue weighted by atomic mass is 9.86. The summed E-state index contributed by atoms with van der Waals surface area (Å²) in [6, 6.07) is 5.25. The van der Waals surface area contributed by atoms with Gasteiger partial charge in [0.2, 0.25) is 0 Å². The Morgan fingerprint density at radius 2 is 2.00 bits per heavy atom. The fourth-order valence-corrected chi connectivity index (χ4v) is 2.91. The molecule has 1 aromatic rings. The summed E-state index contributed by atoms with van der Waals surface area (Å²) in [7, 11) is 3.07. The van der Waals surface area contributed by atoms with Crippen molar-refractivity contribution in [3.63, 3.8) is 0 Å². The molecule has 1 saturated carbocycles. The lowest BCUT2D eigenvalue weighted by Gasteiger charge is -2.25. The highest BCUT2D eigenvalue weighted by atomic mass is 16.5. The Morgan fingerprint density at radius 3 is 2.48 bits per heavy atom. The molecule has 1 aliphatic rings. The SMILES string of the molecule is COc1ccc(OC)c(CC[C@](N)(C(=O)O)C2C[C@@H]2C(=O)O)c1. The molecule has 0 radical (unpaired) electrons. The molecule has 7 nitrogen and oxygen atoms in total. The van der Waals surface area contributed by atoms with Crippen molar-refractivity contribution >= 4 is 11.9 Å². The quantitative estimate of drug-likeness (QED) is 0.656. The molecule has 126 valence electrons. The highest BCUT2D eigenvalue weighted by Crippen LogP contribution is 2.47. The fourth-order valence-electron chi connectivity index (χ4n) is 2.91. The van der Waals surface area contributed by atoms with E-state index >= 15 is 0 Å². The van der Waals surface area contributed by atoms with E-state index in [0.717, 1.165) is 5.56 Å². The first-order chi connectivity index (χ1) is 10.8. The number of methoxy groups -OCH3 is 2. The second kappa shape index (κ2) is 6.45. The summed E-state index contributed by atoms with van der Waals surface area (Å²) in [5, 5.41) is 18.5. The molecular weight excluding hydrogens is 302 g/mol. The lowest BCUT2D eigenvalue weighted by molar-refractivity contribution is -0.145. The van der Waals surface area contributed by atoms with E-state index in [1.54, 1.807) is 18.2 Å². The normalized spacial score (nSPS) is 22.0. The Balaban J connectivity index is 2.17. The van der Waals surface area contributed by atoms with Crippen LogP contribution in [0.3, 0.4) is 0 Å². The van der Waals surface area contributed by atoms with E-state index in [1.165, 1.54) is 14.2 Å². The van der Waals surface area contributed by atoms with Crippen LogP contribution in [0.2, 0.25) is 0 Å². The van der Waals surface area contributed by atoms with Gasteiger partial charge in [0, 0.05) is 5.92 Å². The molecule has 7 heteroatoms. The highest BCUT2D eigenvalue weighted by molar-refractivity contribution is 5.83. The number of hydrogen-bond acceptors (Lipinski definition) is 5. The number of aryl methyl sites for hydroxylation is 1. The molecule has 2 rings (SSSR count). The van der Waals surface area contributed by atoms with Gasteiger partial charge in [-0.3, -0.25) is 9.59 Å². The van der Waals surface area contributed by atoms with E-state index in [2.05, 4.69) is 0 Å².